The first-order valence-corrected chi connectivity index (χ1v) is 6.88. The van der Waals surface area contributed by atoms with Gasteiger partial charge in [-0.05, 0) is 54.0 Å². The van der Waals surface area contributed by atoms with E-state index in [1.165, 1.54) is 18.2 Å². The fourth-order valence-corrected chi connectivity index (χ4v) is 2.28. The summed E-state index contributed by atoms with van der Waals surface area (Å²) in [5.74, 6) is -0.397. The average molecular weight is 319 g/mol. The number of carboxylic acid groups (broad SMARTS) is 1. The summed E-state index contributed by atoms with van der Waals surface area (Å²) >= 11 is 5.84. The molecule has 0 aliphatic heterocycles. The number of phenols is 1. The molecule has 0 atom stereocenters. The number of rotatable bonds is 4. The third kappa shape index (κ3) is 3.40. The molecule has 0 aliphatic rings. The van der Waals surface area contributed by atoms with Crippen molar-refractivity contribution in [2.24, 2.45) is 0 Å². The van der Waals surface area contributed by atoms with E-state index in [2.05, 4.69) is 0 Å². The Hall–Kier alpha value is -2.46. The van der Waals surface area contributed by atoms with Gasteiger partial charge in [-0.15, -0.1) is 0 Å². The molecular weight excluding hydrogens is 304 g/mol. The third-order valence-electron chi connectivity index (χ3n) is 3.22. The van der Waals surface area contributed by atoms with Crippen LogP contribution in [-0.2, 0) is 4.79 Å². The summed E-state index contributed by atoms with van der Waals surface area (Å²) in [6, 6.07) is 9.70. The molecule has 2 aromatic carbocycles. The van der Waals surface area contributed by atoms with E-state index in [1.54, 1.807) is 31.4 Å². The number of aryl methyl sites for hydroxylation is 1. The van der Waals surface area contributed by atoms with Crippen molar-refractivity contribution >= 4 is 29.2 Å². The molecule has 0 heterocycles. The van der Waals surface area contributed by atoms with Gasteiger partial charge >= 0.3 is 5.97 Å². The summed E-state index contributed by atoms with van der Waals surface area (Å²) in [6.07, 6.45) is 1.51. The van der Waals surface area contributed by atoms with Crippen molar-refractivity contribution in [3.05, 3.63) is 58.1 Å². The normalized spacial score (nSPS) is 11.3. The summed E-state index contributed by atoms with van der Waals surface area (Å²) in [4.78, 5) is 11.5. The minimum Gasteiger partial charge on any atom is -0.506 e. The van der Waals surface area contributed by atoms with Crippen LogP contribution < -0.4 is 4.74 Å². The molecule has 0 aliphatic carbocycles. The quantitative estimate of drug-likeness (QED) is 0.661. The summed E-state index contributed by atoms with van der Waals surface area (Å²) in [7, 11) is 1.56. The number of aliphatic carboxylic acids is 1. The third-order valence-corrected chi connectivity index (χ3v) is 3.52. The molecule has 0 bridgehead atoms. The Morgan fingerprint density at radius 2 is 1.95 bits per heavy atom. The van der Waals surface area contributed by atoms with Gasteiger partial charge in [-0.3, -0.25) is 0 Å². The number of carboxylic acids is 1. The first-order valence-electron chi connectivity index (χ1n) is 6.51. The lowest BCUT2D eigenvalue weighted by molar-refractivity contribution is -0.130. The highest BCUT2D eigenvalue weighted by atomic mass is 35.5. The molecule has 0 amide bonds. The molecule has 114 valence electrons. The molecular formula is C17H15ClO4. The van der Waals surface area contributed by atoms with E-state index in [-0.39, 0.29) is 16.3 Å². The number of methoxy groups -OCH3 is 1. The molecule has 22 heavy (non-hydrogen) atoms. The van der Waals surface area contributed by atoms with Gasteiger partial charge < -0.3 is 14.9 Å². The van der Waals surface area contributed by atoms with Crippen LogP contribution in [0, 0.1) is 6.92 Å². The van der Waals surface area contributed by atoms with Crippen LogP contribution in [0.3, 0.4) is 0 Å². The summed E-state index contributed by atoms with van der Waals surface area (Å²) in [5.41, 5.74) is 2.13. The van der Waals surface area contributed by atoms with Crippen molar-refractivity contribution in [2.75, 3.05) is 7.11 Å². The van der Waals surface area contributed by atoms with Crippen molar-refractivity contribution in [3.8, 4) is 11.5 Å². The number of carbonyl (C=O) groups is 1. The van der Waals surface area contributed by atoms with Gasteiger partial charge in [0.25, 0.3) is 0 Å². The lowest BCUT2D eigenvalue weighted by Crippen LogP contribution is -2.00. The number of phenolic OH excluding ortho intramolecular Hbond substituents is 1. The predicted molar refractivity (Wildman–Crippen MR) is 86.4 cm³/mol. The van der Waals surface area contributed by atoms with Crippen molar-refractivity contribution in [2.45, 2.75) is 6.92 Å². The fraction of sp³-hybridized carbons (Fsp3) is 0.118. The molecule has 0 saturated heterocycles. The molecule has 0 radical (unpaired) electrons. The highest BCUT2D eigenvalue weighted by molar-refractivity contribution is 6.32. The summed E-state index contributed by atoms with van der Waals surface area (Å²) in [5, 5.41) is 19.0. The minimum absolute atomic E-state index is 0.0454. The van der Waals surface area contributed by atoms with Gasteiger partial charge in [0.05, 0.1) is 17.7 Å². The SMILES string of the molecule is COc1ccc(/C(=C/c2ccc(O)c(Cl)c2)C(=O)O)cc1C. The van der Waals surface area contributed by atoms with E-state index in [1.807, 2.05) is 6.92 Å². The second kappa shape index (κ2) is 6.54. The van der Waals surface area contributed by atoms with Crippen LogP contribution in [0.15, 0.2) is 36.4 Å². The maximum atomic E-state index is 11.5. The second-order valence-corrected chi connectivity index (χ2v) is 5.17. The molecule has 0 fully saturated rings. The van der Waals surface area contributed by atoms with E-state index in [4.69, 9.17) is 16.3 Å². The van der Waals surface area contributed by atoms with Crippen LogP contribution in [0.1, 0.15) is 16.7 Å². The monoisotopic (exact) mass is 318 g/mol. The highest BCUT2D eigenvalue weighted by Gasteiger charge is 2.12. The van der Waals surface area contributed by atoms with Crippen molar-refractivity contribution < 1.29 is 19.7 Å². The van der Waals surface area contributed by atoms with Crippen LogP contribution in [-0.4, -0.2) is 23.3 Å². The zero-order chi connectivity index (χ0) is 16.3. The minimum atomic E-state index is -1.05. The molecule has 5 heteroatoms. The van der Waals surface area contributed by atoms with Crippen molar-refractivity contribution in [1.29, 1.82) is 0 Å². The van der Waals surface area contributed by atoms with Crippen molar-refractivity contribution in [1.82, 2.24) is 0 Å². The van der Waals surface area contributed by atoms with E-state index >= 15 is 0 Å². The standard InChI is InChI=1S/C17H15ClO4/c1-10-7-12(4-6-16(10)22-2)13(17(20)21)8-11-3-5-15(19)14(18)9-11/h3-9,19H,1-2H3,(H,20,21)/b13-8-. The van der Waals surface area contributed by atoms with E-state index in [9.17, 15) is 15.0 Å². The van der Waals surface area contributed by atoms with Gasteiger partial charge in [0.1, 0.15) is 11.5 Å². The lowest BCUT2D eigenvalue weighted by Gasteiger charge is -2.08. The molecule has 2 aromatic rings. The Morgan fingerprint density at radius 1 is 1.23 bits per heavy atom. The molecule has 0 aromatic heterocycles. The molecule has 4 nitrogen and oxygen atoms in total. The average Bonchev–Trinajstić information content (AvgIpc) is 2.48. The Morgan fingerprint density at radius 3 is 2.50 bits per heavy atom. The number of hydrogen-bond donors (Lipinski definition) is 2. The fourth-order valence-electron chi connectivity index (χ4n) is 2.09. The van der Waals surface area contributed by atoms with Crippen LogP contribution in [0.2, 0.25) is 5.02 Å². The lowest BCUT2D eigenvalue weighted by atomic mass is 10.0. The maximum Gasteiger partial charge on any atom is 0.336 e. The first-order chi connectivity index (χ1) is 10.4. The molecule has 2 N–H and O–H groups in total. The Bertz CT molecular complexity index is 750. The smallest absolute Gasteiger partial charge is 0.336 e. The second-order valence-electron chi connectivity index (χ2n) is 4.76. The Labute approximate surface area is 133 Å². The first kappa shape index (κ1) is 15.9. The maximum absolute atomic E-state index is 11.5. The van der Waals surface area contributed by atoms with Gasteiger partial charge in [0.15, 0.2) is 0 Å². The number of ether oxygens (including phenoxy) is 1. The Balaban J connectivity index is 2.50. The van der Waals surface area contributed by atoms with Crippen LogP contribution >= 0.6 is 11.6 Å². The van der Waals surface area contributed by atoms with Crippen LogP contribution in [0.5, 0.6) is 11.5 Å². The van der Waals surface area contributed by atoms with Crippen molar-refractivity contribution in [3.63, 3.8) is 0 Å². The highest BCUT2D eigenvalue weighted by Crippen LogP contribution is 2.28. The van der Waals surface area contributed by atoms with Crippen LogP contribution in [0.4, 0.5) is 0 Å². The molecule has 0 spiro atoms. The molecule has 0 saturated carbocycles. The number of hydrogen-bond acceptors (Lipinski definition) is 3. The number of benzene rings is 2. The predicted octanol–water partition coefficient (Wildman–Crippen LogP) is 3.99. The summed E-state index contributed by atoms with van der Waals surface area (Å²) in [6.45, 7) is 1.85. The zero-order valence-corrected chi connectivity index (χ0v) is 12.9. The van der Waals surface area contributed by atoms with Gasteiger partial charge in [-0.25, -0.2) is 4.79 Å². The van der Waals surface area contributed by atoms with Gasteiger partial charge in [0, 0.05) is 0 Å². The molecule has 0 unspecified atom stereocenters. The number of halogens is 1. The van der Waals surface area contributed by atoms with Gasteiger partial charge in [0.2, 0.25) is 0 Å². The largest absolute Gasteiger partial charge is 0.506 e. The molecule has 2 rings (SSSR count). The topological polar surface area (TPSA) is 66.8 Å². The van der Waals surface area contributed by atoms with Gasteiger partial charge in [-0.1, -0.05) is 23.7 Å². The van der Waals surface area contributed by atoms with Gasteiger partial charge in [-0.2, -0.15) is 0 Å². The van der Waals surface area contributed by atoms with E-state index < -0.39 is 5.97 Å². The van der Waals surface area contributed by atoms with Crippen LogP contribution in [0.25, 0.3) is 11.6 Å². The zero-order valence-electron chi connectivity index (χ0n) is 12.1. The van der Waals surface area contributed by atoms with E-state index in [0.29, 0.717) is 16.9 Å². The number of aromatic hydroxyl groups is 1. The van der Waals surface area contributed by atoms with E-state index in [0.717, 1.165) is 5.56 Å². The Kier molecular flexibility index (Phi) is 4.73. The summed E-state index contributed by atoms with van der Waals surface area (Å²) < 4.78 is 5.18.